The van der Waals surface area contributed by atoms with E-state index in [1.807, 2.05) is 6.92 Å². The summed E-state index contributed by atoms with van der Waals surface area (Å²) in [5.74, 6) is -0.343. The molecule has 5 heteroatoms. The van der Waals surface area contributed by atoms with Gasteiger partial charge in [-0.05, 0) is 47.7 Å². The minimum Gasteiger partial charge on any atom is -0.489 e. The first kappa shape index (κ1) is 14.2. The van der Waals surface area contributed by atoms with E-state index < -0.39 is 5.97 Å². The van der Waals surface area contributed by atoms with Crippen molar-refractivity contribution in [3.63, 3.8) is 0 Å². The number of rotatable bonds is 6. The lowest BCUT2D eigenvalue weighted by Gasteiger charge is -2.15. The fourth-order valence-electron chi connectivity index (χ4n) is 1.29. The van der Waals surface area contributed by atoms with Crippen LogP contribution in [0.3, 0.4) is 0 Å². The van der Waals surface area contributed by atoms with Gasteiger partial charge in [0.25, 0.3) is 0 Å². The third-order valence-electron chi connectivity index (χ3n) is 2.23. The zero-order valence-corrected chi connectivity index (χ0v) is 11.9. The van der Waals surface area contributed by atoms with E-state index in [0.29, 0.717) is 12.4 Å². The van der Waals surface area contributed by atoms with Gasteiger partial charge in [0, 0.05) is 20.1 Å². The molecule has 1 unspecified atom stereocenters. The number of carboxylic acid groups (broad SMARTS) is 1. The second-order valence-electron chi connectivity index (χ2n) is 3.66. The predicted molar refractivity (Wildman–Crippen MR) is 72.7 cm³/mol. The predicted octanol–water partition coefficient (Wildman–Crippen LogP) is 2.79. The molecule has 94 valence electrons. The fourth-order valence-corrected chi connectivity index (χ4v) is 1.75. The summed E-state index contributed by atoms with van der Waals surface area (Å²) in [5.41, 5.74) is 0.236. The molecule has 0 amide bonds. The molecule has 1 atom stereocenters. The maximum atomic E-state index is 10.8. The van der Waals surface area contributed by atoms with Gasteiger partial charge in [0.1, 0.15) is 5.75 Å². The van der Waals surface area contributed by atoms with Crippen LogP contribution in [0, 0.1) is 3.57 Å². The number of aromatic carboxylic acids is 1. The Kier molecular flexibility index (Phi) is 5.70. The highest BCUT2D eigenvalue weighted by molar-refractivity contribution is 14.1. The van der Waals surface area contributed by atoms with Crippen molar-refractivity contribution in [1.29, 1.82) is 0 Å². The van der Waals surface area contributed by atoms with Crippen LogP contribution in [0.4, 0.5) is 0 Å². The lowest BCUT2D eigenvalue weighted by atomic mass is 10.2. The summed E-state index contributed by atoms with van der Waals surface area (Å²) in [4.78, 5) is 10.8. The fraction of sp³-hybridized carbons (Fsp3) is 0.417. The Labute approximate surface area is 114 Å². The third kappa shape index (κ3) is 4.51. The average Bonchev–Trinajstić information content (AvgIpc) is 2.29. The number of carbonyl (C=O) groups is 1. The van der Waals surface area contributed by atoms with Crippen LogP contribution >= 0.6 is 22.6 Å². The second-order valence-corrected chi connectivity index (χ2v) is 4.82. The summed E-state index contributed by atoms with van der Waals surface area (Å²) < 4.78 is 11.6. The molecule has 0 aliphatic carbocycles. The minimum absolute atomic E-state index is 0.00693. The Bertz CT molecular complexity index is 392. The summed E-state index contributed by atoms with van der Waals surface area (Å²) in [6, 6.07) is 4.85. The zero-order valence-electron chi connectivity index (χ0n) is 9.77. The summed E-state index contributed by atoms with van der Waals surface area (Å²) in [5, 5.41) is 8.90. The van der Waals surface area contributed by atoms with Gasteiger partial charge in [0.05, 0.1) is 15.2 Å². The van der Waals surface area contributed by atoms with Gasteiger partial charge in [0.2, 0.25) is 0 Å². The van der Waals surface area contributed by atoms with E-state index in [9.17, 15) is 4.79 Å². The maximum absolute atomic E-state index is 10.8. The molecule has 0 fully saturated rings. The molecule has 0 radical (unpaired) electrons. The quantitative estimate of drug-likeness (QED) is 0.802. The lowest BCUT2D eigenvalue weighted by Crippen LogP contribution is -2.15. The normalized spacial score (nSPS) is 12.2. The number of methoxy groups -OCH3 is 1. The van der Waals surface area contributed by atoms with E-state index in [1.54, 1.807) is 25.3 Å². The van der Waals surface area contributed by atoms with E-state index in [1.165, 1.54) is 0 Å². The molecule has 0 heterocycles. The van der Waals surface area contributed by atoms with Gasteiger partial charge < -0.3 is 14.6 Å². The Morgan fingerprint density at radius 2 is 2.24 bits per heavy atom. The molecule has 1 N–H and O–H groups in total. The molecular formula is C12H15IO4. The Balaban J connectivity index is 2.75. The van der Waals surface area contributed by atoms with Crippen LogP contribution in [0.2, 0.25) is 0 Å². The Morgan fingerprint density at radius 1 is 1.53 bits per heavy atom. The van der Waals surface area contributed by atoms with Gasteiger partial charge in [-0.15, -0.1) is 0 Å². The third-order valence-corrected chi connectivity index (χ3v) is 3.13. The Morgan fingerprint density at radius 3 is 2.82 bits per heavy atom. The topological polar surface area (TPSA) is 55.8 Å². The number of hydrogen-bond donors (Lipinski definition) is 1. The molecule has 0 spiro atoms. The number of carboxylic acids is 1. The van der Waals surface area contributed by atoms with Crippen molar-refractivity contribution in [1.82, 2.24) is 0 Å². The molecule has 4 nitrogen and oxygen atoms in total. The van der Waals surface area contributed by atoms with Gasteiger partial charge in [0.15, 0.2) is 0 Å². The molecule has 0 saturated heterocycles. The van der Waals surface area contributed by atoms with Crippen molar-refractivity contribution in [2.45, 2.75) is 19.4 Å². The standard InChI is InChI=1S/C12H15IO4/c1-8(5-6-16-2)17-11-7-9(12(14)15)3-4-10(11)13/h3-4,7-8H,5-6H2,1-2H3,(H,14,15). The van der Waals surface area contributed by atoms with Crippen molar-refractivity contribution in [2.75, 3.05) is 13.7 Å². The number of halogens is 1. The van der Waals surface area contributed by atoms with Crippen LogP contribution < -0.4 is 4.74 Å². The molecule has 1 aromatic rings. The van der Waals surface area contributed by atoms with E-state index in [2.05, 4.69) is 22.6 Å². The minimum atomic E-state index is -0.948. The van der Waals surface area contributed by atoms with Gasteiger partial charge >= 0.3 is 5.97 Å². The highest BCUT2D eigenvalue weighted by Gasteiger charge is 2.10. The lowest BCUT2D eigenvalue weighted by molar-refractivity contribution is 0.0695. The number of benzene rings is 1. The zero-order chi connectivity index (χ0) is 12.8. The maximum Gasteiger partial charge on any atom is 0.335 e. The summed E-state index contributed by atoms with van der Waals surface area (Å²) in [6.07, 6.45) is 0.761. The first-order chi connectivity index (χ1) is 8.04. The van der Waals surface area contributed by atoms with Gasteiger partial charge in [-0.25, -0.2) is 4.79 Å². The van der Waals surface area contributed by atoms with Gasteiger partial charge in [-0.3, -0.25) is 0 Å². The highest BCUT2D eigenvalue weighted by atomic mass is 127. The molecule has 17 heavy (non-hydrogen) atoms. The number of hydrogen-bond acceptors (Lipinski definition) is 3. The SMILES string of the molecule is COCCC(C)Oc1cc(C(=O)O)ccc1I. The van der Waals surface area contributed by atoms with Crippen molar-refractivity contribution in [3.05, 3.63) is 27.3 Å². The van der Waals surface area contributed by atoms with Crippen molar-refractivity contribution in [2.24, 2.45) is 0 Å². The monoisotopic (exact) mass is 350 g/mol. The average molecular weight is 350 g/mol. The molecule has 1 rings (SSSR count). The van der Waals surface area contributed by atoms with Crippen LogP contribution in [0.15, 0.2) is 18.2 Å². The largest absolute Gasteiger partial charge is 0.489 e. The first-order valence-electron chi connectivity index (χ1n) is 5.23. The summed E-state index contributed by atoms with van der Waals surface area (Å²) in [7, 11) is 1.64. The van der Waals surface area contributed by atoms with Gasteiger partial charge in [-0.2, -0.15) is 0 Å². The molecule has 0 aliphatic heterocycles. The molecule has 1 aromatic carbocycles. The Hall–Kier alpha value is -0.820. The van der Waals surface area contributed by atoms with Crippen LogP contribution in [-0.4, -0.2) is 30.9 Å². The van der Waals surface area contributed by atoms with Crippen LogP contribution in [-0.2, 0) is 4.74 Å². The number of ether oxygens (including phenoxy) is 2. The van der Waals surface area contributed by atoms with Crippen molar-refractivity contribution in [3.8, 4) is 5.75 Å². The van der Waals surface area contributed by atoms with E-state index >= 15 is 0 Å². The smallest absolute Gasteiger partial charge is 0.335 e. The second kappa shape index (κ2) is 6.80. The first-order valence-corrected chi connectivity index (χ1v) is 6.31. The molecule has 0 aliphatic rings. The summed E-state index contributed by atoms with van der Waals surface area (Å²) >= 11 is 2.12. The molecule has 0 aromatic heterocycles. The van der Waals surface area contributed by atoms with Crippen LogP contribution in [0.1, 0.15) is 23.7 Å². The van der Waals surface area contributed by atoms with Crippen molar-refractivity contribution >= 4 is 28.6 Å². The molecule has 0 bridgehead atoms. The van der Waals surface area contributed by atoms with E-state index in [4.69, 9.17) is 14.6 Å². The van der Waals surface area contributed by atoms with Crippen LogP contribution in [0.25, 0.3) is 0 Å². The van der Waals surface area contributed by atoms with E-state index in [0.717, 1.165) is 9.99 Å². The van der Waals surface area contributed by atoms with Crippen molar-refractivity contribution < 1.29 is 19.4 Å². The summed E-state index contributed by atoms with van der Waals surface area (Å²) in [6.45, 7) is 2.55. The van der Waals surface area contributed by atoms with Crippen LogP contribution in [0.5, 0.6) is 5.75 Å². The highest BCUT2D eigenvalue weighted by Crippen LogP contribution is 2.24. The molecule has 0 saturated carbocycles. The molecular weight excluding hydrogens is 335 g/mol. The van der Waals surface area contributed by atoms with E-state index in [-0.39, 0.29) is 11.7 Å². The van der Waals surface area contributed by atoms with Gasteiger partial charge in [-0.1, -0.05) is 0 Å².